The fourth-order valence-corrected chi connectivity index (χ4v) is 3.50. The summed E-state index contributed by atoms with van der Waals surface area (Å²) in [6.07, 6.45) is 1.29. The number of carbonyl (C=O) groups is 3. The molecule has 130 valence electrons. The second-order valence-corrected chi connectivity index (χ2v) is 6.48. The topological polar surface area (TPSA) is 107 Å². The average Bonchev–Trinajstić information content (AvgIpc) is 3.20. The van der Waals surface area contributed by atoms with E-state index in [1.165, 1.54) is 0 Å². The highest BCUT2D eigenvalue weighted by molar-refractivity contribution is 5.95. The van der Waals surface area contributed by atoms with Crippen LogP contribution in [0.1, 0.15) is 18.7 Å². The molecule has 2 atom stereocenters. The van der Waals surface area contributed by atoms with Crippen molar-refractivity contribution in [1.82, 2.24) is 25.5 Å². The molecule has 0 aliphatic carbocycles. The molecule has 0 unspecified atom stereocenters. The number of benzene rings is 1. The van der Waals surface area contributed by atoms with E-state index in [9.17, 15) is 14.4 Å². The van der Waals surface area contributed by atoms with E-state index in [1.54, 1.807) is 4.90 Å². The highest BCUT2D eigenvalue weighted by Crippen LogP contribution is 2.20. The zero-order valence-corrected chi connectivity index (χ0v) is 13.6. The zero-order valence-electron chi connectivity index (χ0n) is 13.6. The van der Waals surface area contributed by atoms with Crippen molar-refractivity contribution in [2.24, 2.45) is 0 Å². The molecule has 2 aromatic rings. The molecule has 0 saturated carbocycles. The van der Waals surface area contributed by atoms with Crippen LogP contribution in [0.3, 0.4) is 0 Å². The predicted octanol–water partition coefficient (Wildman–Crippen LogP) is -0.289. The van der Waals surface area contributed by atoms with Crippen LogP contribution in [-0.2, 0) is 20.8 Å². The van der Waals surface area contributed by atoms with Gasteiger partial charge in [-0.15, -0.1) is 0 Å². The Labute approximate surface area is 144 Å². The number of hydrogen-bond acceptors (Lipinski definition) is 4. The third-order valence-electron chi connectivity index (χ3n) is 4.73. The molecule has 0 radical (unpaired) electrons. The van der Waals surface area contributed by atoms with Crippen LogP contribution in [0.25, 0.3) is 11.0 Å². The number of imidazole rings is 1. The summed E-state index contributed by atoms with van der Waals surface area (Å²) >= 11 is 0. The molecule has 8 nitrogen and oxygen atoms in total. The summed E-state index contributed by atoms with van der Waals surface area (Å²) in [5, 5.41) is 5.51. The molecule has 3 N–H and O–H groups in total. The Bertz CT molecular complexity index is 789. The Morgan fingerprint density at radius 1 is 1.32 bits per heavy atom. The molecule has 3 heterocycles. The molecular weight excluding hydrogens is 322 g/mol. The number of nitrogens with one attached hydrogen (secondary N) is 3. The van der Waals surface area contributed by atoms with Crippen molar-refractivity contribution in [3.05, 3.63) is 30.1 Å². The molecule has 1 aromatic carbocycles. The second kappa shape index (κ2) is 6.19. The number of H-pyrrole nitrogens is 1. The van der Waals surface area contributed by atoms with E-state index in [0.717, 1.165) is 16.9 Å². The van der Waals surface area contributed by atoms with Crippen LogP contribution >= 0.6 is 0 Å². The Morgan fingerprint density at radius 2 is 2.16 bits per heavy atom. The van der Waals surface area contributed by atoms with Crippen molar-refractivity contribution in [3.63, 3.8) is 0 Å². The van der Waals surface area contributed by atoms with Crippen LogP contribution in [0.2, 0.25) is 0 Å². The van der Waals surface area contributed by atoms with Crippen molar-refractivity contribution in [1.29, 1.82) is 0 Å². The normalized spacial score (nSPS) is 22.8. The number of amides is 3. The van der Waals surface area contributed by atoms with Gasteiger partial charge >= 0.3 is 0 Å². The van der Waals surface area contributed by atoms with Gasteiger partial charge in [0.25, 0.3) is 0 Å². The lowest BCUT2D eigenvalue weighted by Gasteiger charge is -2.28. The third kappa shape index (κ3) is 3.07. The van der Waals surface area contributed by atoms with Gasteiger partial charge in [0.1, 0.15) is 11.9 Å². The van der Waals surface area contributed by atoms with Crippen molar-refractivity contribution in [2.45, 2.75) is 31.3 Å². The molecular formula is C17H19N5O3. The van der Waals surface area contributed by atoms with Crippen molar-refractivity contribution in [2.75, 3.05) is 13.1 Å². The summed E-state index contributed by atoms with van der Waals surface area (Å²) in [6, 6.07) is 7.09. The summed E-state index contributed by atoms with van der Waals surface area (Å²) in [5.41, 5.74) is 1.84. The Morgan fingerprint density at radius 3 is 2.96 bits per heavy atom. The number of nitrogens with zero attached hydrogens (tertiary/aromatic N) is 2. The molecule has 8 heteroatoms. The van der Waals surface area contributed by atoms with Gasteiger partial charge in [-0.3, -0.25) is 14.4 Å². The third-order valence-corrected chi connectivity index (χ3v) is 4.73. The number of aryl methyl sites for hydroxylation is 1. The predicted molar refractivity (Wildman–Crippen MR) is 89.5 cm³/mol. The van der Waals surface area contributed by atoms with Crippen molar-refractivity contribution in [3.8, 4) is 0 Å². The largest absolute Gasteiger partial charge is 0.351 e. The molecule has 1 aromatic heterocycles. The van der Waals surface area contributed by atoms with Gasteiger partial charge in [0.2, 0.25) is 17.7 Å². The van der Waals surface area contributed by atoms with E-state index < -0.39 is 6.04 Å². The van der Waals surface area contributed by atoms with Crippen LogP contribution in [0.15, 0.2) is 24.3 Å². The first kappa shape index (κ1) is 15.6. The standard InChI is InChI=1S/C17H19N5O3/c23-15(6-5-14-20-11-3-1-2-4-12(11)21-14)19-10-7-13-17(25)18-8-16(24)22(13)9-10/h1-4,10,13H,5-9H2,(H,18,25)(H,19,23)(H,20,21)/t10-,13+/m1/s1. The number of para-hydroxylation sites is 2. The minimum Gasteiger partial charge on any atom is -0.351 e. The first-order valence-electron chi connectivity index (χ1n) is 8.40. The summed E-state index contributed by atoms with van der Waals surface area (Å²) in [4.78, 5) is 45.1. The van der Waals surface area contributed by atoms with Gasteiger partial charge in [-0.25, -0.2) is 4.98 Å². The maximum absolute atomic E-state index is 12.2. The van der Waals surface area contributed by atoms with Crippen LogP contribution < -0.4 is 10.6 Å². The van der Waals surface area contributed by atoms with E-state index >= 15 is 0 Å². The SMILES string of the molecule is O=C(CCc1nc2ccccc2[nH]1)N[C@@H]1C[C@H]2C(=O)NCC(=O)N2C1. The lowest BCUT2D eigenvalue weighted by molar-refractivity contribution is -0.143. The summed E-state index contributed by atoms with van der Waals surface area (Å²) in [6.45, 7) is 0.440. The van der Waals surface area contributed by atoms with Crippen LogP contribution in [-0.4, -0.2) is 57.8 Å². The van der Waals surface area contributed by atoms with Crippen LogP contribution in [0, 0.1) is 0 Å². The number of aromatic nitrogens is 2. The molecule has 2 aliphatic rings. The molecule has 4 rings (SSSR count). The maximum Gasteiger partial charge on any atom is 0.243 e. The van der Waals surface area contributed by atoms with E-state index in [0.29, 0.717) is 25.8 Å². The molecule has 25 heavy (non-hydrogen) atoms. The van der Waals surface area contributed by atoms with Crippen LogP contribution in [0.5, 0.6) is 0 Å². The molecule has 0 spiro atoms. The van der Waals surface area contributed by atoms with Gasteiger partial charge in [-0.05, 0) is 18.6 Å². The molecule has 2 fully saturated rings. The maximum atomic E-state index is 12.2. The monoisotopic (exact) mass is 341 g/mol. The smallest absolute Gasteiger partial charge is 0.243 e. The van der Waals surface area contributed by atoms with E-state index in [2.05, 4.69) is 20.6 Å². The van der Waals surface area contributed by atoms with Gasteiger partial charge in [-0.1, -0.05) is 12.1 Å². The van der Waals surface area contributed by atoms with Gasteiger partial charge < -0.3 is 20.5 Å². The Kier molecular flexibility index (Phi) is 3.87. The summed E-state index contributed by atoms with van der Waals surface area (Å²) in [7, 11) is 0. The first-order valence-corrected chi connectivity index (χ1v) is 8.40. The lowest BCUT2D eigenvalue weighted by Crippen LogP contribution is -2.55. The minimum absolute atomic E-state index is 0.0437. The summed E-state index contributed by atoms with van der Waals surface area (Å²) in [5.74, 6) is 0.440. The fraction of sp³-hybridized carbons (Fsp3) is 0.412. The molecule has 2 saturated heterocycles. The first-order chi connectivity index (χ1) is 12.1. The van der Waals surface area contributed by atoms with E-state index in [4.69, 9.17) is 0 Å². The lowest BCUT2D eigenvalue weighted by atomic mass is 10.1. The number of carbonyl (C=O) groups excluding carboxylic acids is 3. The number of aromatic amines is 1. The Hall–Kier alpha value is -2.90. The molecule has 0 bridgehead atoms. The highest BCUT2D eigenvalue weighted by atomic mass is 16.2. The fourth-order valence-electron chi connectivity index (χ4n) is 3.50. The zero-order chi connectivity index (χ0) is 17.4. The molecule has 3 amide bonds. The van der Waals surface area contributed by atoms with Crippen molar-refractivity contribution < 1.29 is 14.4 Å². The van der Waals surface area contributed by atoms with E-state index in [-0.39, 0.29) is 30.3 Å². The van der Waals surface area contributed by atoms with Gasteiger partial charge in [-0.2, -0.15) is 0 Å². The van der Waals surface area contributed by atoms with Gasteiger partial charge in [0.05, 0.1) is 17.6 Å². The van der Waals surface area contributed by atoms with Crippen molar-refractivity contribution >= 4 is 28.8 Å². The minimum atomic E-state index is -0.457. The van der Waals surface area contributed by atoms with Gasteiger partial charge in [0.15, 0.2) is 0 Å². The average molecular weight is 341 g/mol. The van der Waals surface area contributed by atoms with Crippen LogP contribution in [0.4, 0.5) is 0 Å². The quantitative estimate of drug-likeness (QED) is 0.710. The summed E-state index contributed by atoms with van der Waals surface area (Å²) < 4.78 is 0. The molecule has 2 aliphatic heterocycles. The number of fused-ring (bicyclic) bond motifs is 2. The number of rotatable bonds is 4. The van der Waals surface area contributed by atoms with Gasteiger partial charge in [0, 0.05) is 25.4 Å². The second-order valence-electron chi connectivity index (χ2n) is 6.48. The number of piperazine rings is 1. The number of hydrogen-bond donors (Lipinski definition) is 3. The van der Waals surface area contributed by atoms with E-state index in [1.807, 2.05) is 24.3 Å². The Balaban J connectivity index is 1.32. The highest BCUT2D eigenvalue weighted by Gasteiger charge is 2.42.